The molecule has 1 atom stereocenters. The normalized spacial score (nSPS) is 11.1. The average Bonchev–Trinajstić information content (AvgIpc) is 2.72. The smallest absolute Gasteiger partial charge is 0.303 e. The minimum atomic E-state index is -1.26. The van der Waals surface area contributed by atoms with E-state index in [-0.39, 0.29) is 32.4 Å². The van der Waals surface area contributed by atoms with Crippen LogP contribution in [-0.2, 0) is 24.0 Å². The number of anilines is 1. The molecule has 0 aliphatic heterocycles. The van der Waals surface area contributed by atoms with Crippen LogP contribution in [0.1, 0.15) is 39.5 Å². The number of primary amides is 1. The van der Waals surface area contributed by atoms with Crippen LogP contribution >= 0.6 is 0 Å². The fourth-order valence-corrected chi connectivity index (χ4v) is 2.52. The molecule has 0 aliphatic carbocycles. The largest absolute Gasteiger partial charge is 0.494 e. The lowest BCUT2D eigenvalue weighted by Gasteiger charge is -2.28. The van der Waals surface area contributed by atoms with Gasteiger partial charge in [-0.25, -0.2) is 0 Å². The Morgan fingerprint density at radius 1 is 1.16 bits per heavy atom. The van der Waals surface area contributed by atoms with E-state index in [9.17, 15) is 24.0 Å². The summed E-state index contributed by atoms with van der Waals surface area (Å²) in [4.78, 5) is 58.0. The van der Waals surface area contributed by atoms with Crippen LogP contribution in [0.5, 0.6) is 5.75 Å². The van der Waals surface area contributed by atoms with Gasteiger partial charge in [0, 0.05) is 44.5 Å². The van der Waals surface area contributed by atoms with Crippen molar-refractivity contribution in [2.45, 2.75) is 45.7 Å². The second kappa shape index (κ2) is 13.5. The van der Waals surface area contributed by atoms with Crippen LogP contribution in [0.3, 0.4) is 0 Å². The first-order chi connectivity index (χ1) is 15.1. The van der Waals surface area contributed by atoms with Gasteiger partial charge in [-0.15, -0.1) is 0 Å². The number of aliphatic carboxylic acids is 1. The first-order valence-corrected chi connectivity index (χ1v) is 9.99. The van der Waals surface area contributed by atoms with Crippen LogP contribution in [0.15, 0.2) is 24.3 Å². The van der Waals surface area contributed by atoms with E-state index in [0.717, 1.165) is 5.01 Å². The van der Waals surface area contributed by atoms with E-state index in [1.165, 1.54) is 6.92 Å². The van der Waals surface area contributed by atoms with Gasteiger partial charge in [0.05, 0.1) is 6.61 Å². The van der Waals surface area contributed by atoms with E-state index in [4.69, 9.17) is 15.6 Å². The number of benzene rings is 1. The number of amides is 4. The minimum Gasteiger partial charge on any atom is -0.494 e. The number of carbonyl (C=O) groups is 5. The number of nitrogens with one attached hydrogen (secondary N) is 3. The SMILES string of the molecule is CCN(NC(C)=O)C(=O)C(NC(=O)CCC(N)=O)Nc1cccc(OCCCC(=O)O)c1. The molecule has 32 heavy (non-hydrogen) atoms. The molecule has 176 valence electrons. The Bertz CT molecular complexity index is 830. The van der Waals surface area contributed by atoms with Crippen molar-refractivity contribution in [1.29, 1.82) is 0 Å². The first-order valence-electron chi connectivity index (χ1n) is 9.99. The summed E-state index contributed by atoms with van der Waals surface area (Å²) in [5.74, 6) is -2.83. The fraction of sp³-hybridized carbons (Fsp3) is 0.450. The molecule has 1 unspecified atom stereocenters. The zero-order chi connectivity index (χ0) is 24.1. The van der Waals surface area contributed by atoms with E-state index < -0.39 is 35.8 Å². The monoisotopic (exact) mass is 451 g/mol. The molecule has 1 rings (SSSR count). The number of likely N-dealkylation sites (N-methyl/N-ethyl adjacent to an activating group) is 1. The number of carbonyl (C=O) groups excluding carboxylic acids is 4. The third-order valence-corrected chi connectivity index (χ3v) is 3.97. The van der Waals surface area contributed by atoms with Crippen molar-refractivity contribution in [3.8, 4) is 5.75 Å². The average molecular weight is 451 g/mol. The van der Waals surface area contributed by atoms with Crippen molar-refractivity contribution in [2.24, 2.45) is 5.73 Å². The topological polar surface area (TPSA) is 180 Å². The minimum absolute atomic E-state index is 0.0259. The van der Waals surface area contributed by atoms with Crippen LogP contribution in [0.2, 0.25) is 0 Å². The third kappa shape index (κ3) is 10.3. The van der Waals surface area contributed by atoms with Gasteiger partial charge in [-0.1, -0.05) is 6.07 Å². The van der Waals surface area contributed by atoms with Gasteiger partial charge in [0.25, 0.3) is 5.91 Å². The number of hydrazine groups is 1. The van der Waals surface area contributed by atoms with Crippen LogP contribution in [0, 0.1) is 0 Å². The van der Waals surface area contributed by atoms with E-state index >= 15 is 0 Å². The fourth-order valence-electron chi connectivity index (χ4n) is 2.52. The van der Waals surface area contributed by atoms with Gasteiger partial charge in [-0.3, -0.25) is 34.4 Å². The van der Waals surface area contributed by atoms with Crippen LogP contribution in [0.25, 0.3) is 0 Å². The van der Waals surface area contributed by atoms with Gasteiger partial charge in [-0.2, -0.15) is 0 Å². The zero-order valence-electron chi connectivity index (χ0n) is 18.1. The highest BCUT2D eigenvalue weighted by molar-refractivity contribution is 5.91. The maximum Gasteiger partial charge on any atom is 0.303 e. The van der Waals surface area contributed by atoms with Crippen molar-refractivity contribution >= 4 is 35.3 Å². The molecular weight excluding hydrogens is 422 g/mol. The Morgan fingerprint density at radius 2 is 1.88 bits per heavy atom. The number of nitrogens with two attached hydrogens (primary N) is 1. The van der Waals surface area contributed by atoms with E-state index in [0.29, 0.717) is 17.9 Å². The van der Waals surface area contributed by atoms with Gasteiger partial charge >= 0.3 is 5.97 Å². The molecule has 0 aliphatic rings. The van der Waals surface area contributed by atoms with Crippen LogP contribution < -0.4 is 26.5 Å². The molecule has 12 heteroatoms. The molecule has 0 saturated carbocycles. The maximum absolute atomic E-state index is 12.9. The molecule has 0 bridgehead atoms. The Morgan fingerprint density at radius 3 is 2.47 bits per heavy atom. The molecule has 0 aromatic heterocycles. The second-order valence-corrected chi connectivity index (χ2v) is 6.74. The quantitative estimate of drug-likeness (QED) is 0.157. The molecule has 1 aromatic rings. The molecule has 12 nitrogen and oxygen atoms in total. The highest BCUT2D eigenvalue weighted by atomic mass is 16.5. The summed E-state index contributed by atoms with van der Waals surface area (Å²) in [7, 11) is 0. The lowest BCUT2D eigenvalue weighted by Crippen LogP contribution is -2.57. The third-order valence-electron chi connectivity index (χ3n) is 3.97. The van der Waals surface area contributed by atoms with Crippen molar-refractivity contribution in [3.63, 3.8) is 0 Å². The number of ether oxygens (including phenoxy) is 1. The summed E-state index contributed by atoms with van der Waals surface area (Å²) >= 11 is 0. The van der Waals surface area contributed by atoms with Crippen molar-refractivity contribution < 1.29 is 33.8 Å². The number of nitrogens with zero attached hydrogens (tertiary/aromatic N) is 1. The Balaban J connectivity index is 2.94. The summed E-state index contributed by atoms with van der Waals surface area (Å²) in [5, 5.41) is 15.1. The summed E-state index contributed by atoms with van der Waals surface area (Å²) in [6.45, 7) is 3.22. The van der Waals surface area contributed by atoms with Gasteiger partial charge in [0.15, 0.2) is 6.17 Å². The second-order valence-electron chi connectivity index (χ2n) is 6.74. The summed E-state index contributed by atoms with van der Waals surface area (Å²) in [5.41, 5.74) is 7.86. The molecule has 6 N–H and O–H groups in total. The van der Waals surface area contributed by atoms with Crippen molar-refractivity contribution in [1.82, 2.24) is 15.8 Å². The van der Waals surface area contributed by atoms with Crippen LogP contribution in [-0.4, -0.2) is 59.0 Å². The summed E-state index contributed by atoms with van der Waals surface area (Å²) in [6.07, 6.45) is -1.35. The molecule has 0 saturated heterocycles. The van der Waals surface area contributed by atoms with E-state index in [1.54, 1.807) is 31.2 Å². The number of hydrogen-bond donors (Lipinski definition) is 5. The molecule has 0 radical (unpaired) electrons. The van der Waals surface area contributed by atoms with Gasteiger partial charge in [-0.05, 0) is 25.5 Å². The van der Waals surface area contributed by atoms with Crippen molar-refractivity contribution in [2.75, 3.05) is 18.5 Å². The highest BCUT2D eigenvalue weighted by Crippen LogP contribution is 2.18. The summed E-state index contributed by atoms with van der Waals surface area (Å²) in [6, 6.07) is 6.51. The predicted octanol–water partition coefficient (Wildman–Crippen LogP) is -0.0505. The standard InChI is InChI=1S/C20H29N5O7/c1-3-25(24-13(2)26)20(31)19(23-17(28)10-9-16(21)27)22-14-6-4-7-15(12-14)32-11-5-8-18(29)30/h4,6-7,12,19,22H,3,5,8-11H2,1-2H3,(H2,21,27)(H,23,28)(H,24,26)(H,29,30). The van der Waals surface area contributed by atoms with Gasteiger partial charge in [0.1, 0.15) is 5.75 Å². The van der Waals surface area contributed by atoms with Crippen LogP contribution in [0.4, 0.5) is 5.69 Å². The molecule has 0 spiro atoms. The molecule has 1 aromatic carbocycles. The Hall–Kier alpha value is -3.83. The number of carboxylic acids is 1. The molecular formula is C20H29N5O7. The van der Waals surface area contributed by atoms with E-state index in [1.807, 2.05) is 0 Å². The number of carboxylic acid groups (broad SMARTS) is 1. The number of rotatable bonds is 13. The van der Waals surface area contributed by atoms with Gasteiger partial charge in [0.2, 0.25) is 17.7 Å². The Labute approximate surface area is 185 Å². The first kappa shape index (κ1) is 26.2. The number of hydrogen-bond acceptors (Lipinski definition) is 7. The lowest BCUT2D eigenvalue weighted by atomic mass is 10.2. The lowest BCUT2D eigenvalue weighted by molar-refractivity contribution is -0.142. The summed E-state index contributed by atoms with van der Waals surface area (Å²) < 4.78 is 5.51. The molecule has 0 heterocycles. The highest BCUT2D eigenvalue weighted by Gasteiger charge is 2.26. The molecule has 4 amide bonds. The van der Waals surface area contributed by atoms with Gasteiger partial charge < -0.3 is 26.2 Å². The van der Waals surface area contributed by atoms with Crippen molar-refractivity contribution in [3.05, 3.63) is 24.3 Å². The maximum atomic E-state index is 12.9. The zero-order valence-corrected chi connectivity index (χ0v) is 18.1. The van der Waals surface area contributed by atoms with E-state index in [2.05, 4.69) is 16.1 Å². The molecule has 0 fully saturated rings. The predicted molar refractivity (Wildman–Crippen MR) is 114 cm³/mol. The Kier molecular flexibility index (Phi) is 11.0.